The molecule has 0 aliphatic carbocycles. The molecule has 0 saturated carbocycles. The van der Waals surface area contributed by atoms with Crippen molar-refractivity contribution in [1.29, 1.82) is 0 Å². The highest BCUT2D eigenvalue weighted by molar-refractivity contribution is 5.76. The van der Waals surface area contributed by atoms with Gasteiger partial charge in [-0.25, -0.2) is 0 Å². The first-order valence-electron chi connectivity index (χ1n) is 9.67. The normalized spacial score (nSPS) is 22.5. The highest BCUT2D eigenvalue weighted by Crippen LogP contribution is 2.23. The fourth-order valence-corrected chi connectivity index (χ4v) is 4.13. The number of nitrogens with zero attached hydrogens (tertiary/aromatic N) is 2. The minimum atomic E-state index is 0.313. The third-order valence-electron chi connectivity index (χ3n) is 6.04. The minimum absolute atomic E-state index is 0.313. The number of carbonyl (C=O) groups excluding carboxylic acids is 1. The van der Waals surface area contributed by atoms with Crippen LogP contribution in [0.15, 0.2) is 18.2 Å². The summed E-state index contributed by atoms with van der Waals surface area (Å²) < 4.78 is 5.48. The van der Waals surface area contributed by atoms with Crippen molar-refractivity contribution in [2.24, 2.45) is 0 Å². The minimum Gasteiger partial charge on any atom is -0.380 e. The van der Waals surface area contributed by atoms with Crippen LogP contribution in [0.2, 0.25) is 0 Å². The zero-order valence-electron chi connectivity index (χ0n) is 16.0. The van der Waals surface area contributed by atoms with Gasteiger partial charge in [0.2, 0.25) is 5.91 Å². The average molecular weight is 344 g/mol. The maximum atomic E-state index is 12.5. The molecule has 25 heavy (non-hydrogen) atoms. The van der Waals surface area contributed by atoms with E-state index in [0.717, 1.165) is 51.9 Å². The molecule has 2 aliphatic rings. The SMILES string of the molecule is COC1CCN(C2CCN(C(=O)CCc3ccc(C)c(C)c3)CC2)C1. The second-order valence-corrected chi connectivity index (χ2v) is 7.67. The molecule has 0 spiro atoms. The van der Waals surface area contributed by atoms with Crippen LogP contribution in [0.3, 0.4) is 0 Å². The van der Waals surface area contributed by atoms with Crippen LogP contribution in [0.1, 0.15) is 42.4 Å². The van der Waals surface area contributed by atoms with Gasteiger partial charge >= 0.3 is 0 Å². The molecule has 2 saturated heterocycles. The number of likely N-dealkylation sites (tertiary alicyclic amines) is 2. The van der Waals surface area contributed by atoms with Gasteiger partial charge in [-0.3, -0.25) is 9.69 Å². The Morgan fingerprint density at radius 3 is 2.52 bits per heavy atom. The molecule has 1 aromatic carbocycles. The van der Waals surface area contributed by atoms with E-state index in [1.165, 1.54) is 16.7 Å². The second-order valence-electron chi connectivity index (χ2n) is 7.67. The van der Waals surface area contributed by atoms with E-state index in [9.17, 15) is 4.79 Å². The highest BCUT2D eigenvalue weighted by atomic mass is 16.5. The van der Waals surface area contributed by atoms with Gasteiger partial charge in [-0.2, -0.15) is 0 Å². The lowest BCUT2D eigenvalue weighted by Crippen LogP contribution is -2.46. The van der Waals surface area contributed by atoms with Crippen molar-refractivity contribution >= 4 is 5.91 Å². The summed E-state index contributed by atoms with van der Waals surface area (Å²) in [5.41, 5.74) is 3.90. The van der Waals surface area contributed by atoms with Crippen LogP contribution in [0.5, 0.6) is 0 Å². The maximum absolute atomic E-state index is 12.5. The van der Waals surface area contributed by atoms with Crippen molar-refractivity contribution < 1.29 is 9.53 Å². The van der Waals surface area contributed by atoms with E-state index < -0.39 is 0 Å². The zero-order valence-corrected chi connectivity index (χ0v) is 16.0. The van der Waals surface area contributed by atoms with Crippen LogP contribution >= 0.6 is 0 Å². The molecule has 1 unspecified atom stereocenters. The largest absolute Gasteiger partial charge is 0.380 e. The Morgan fingerprint density at radius 1 is 1.12 bits per heavy atom. The van der Waals surface area contributed by atoms with Gasteiger partial charge in [0.1, 0.15) is 0 Å². The monoisotopic (exact) mass is 344 g/mol. The second kappa shape index (κ2) is 8.33. The first kappa shape index (κ1) is 18.4. The predicted octanol–water partition coefficient (Wildman–Crippen LogP) is 2.95. The van der Waals surface area contributed by atoms with Gasteiger partial charge in [0.15, 0.2) is 0 Å². The Kier molecular flexibility index (Phi) is 6.13. The number of amides is 1. The lowest BCUT2D eigenvalue weighted by atomic mass is 10.0. The summed E-state index contributed by atoms with van der Waals surface area (Å²) in [6, 6.07) is 7.16. The summed E-state index contributed by atoms with van der Waals surface area (Å²) in [6.07, 6.45) is 5.23. The smallest absolute Gasteiger partial charge is 0.222 e. The van der Waals surface area contributed by atoms with E-state index >= 15 is 0 Å². The molecular formula is C21H32N2O2. The van der Waals surface area contributed by atoms with Gasteiger partial charge in [0.05, 0.1) is 6.10 Å². The standard InChI is InChI=1S/C21H32N2O2/c1-16-4-5-18(14-17(16)2)6-7-21(24)22-11-8-19(9-12-22)23-13-10-20(15-23)25-3/h4-5,14,19-20H,6-13,15H2,1-3H3. The topological polar surface area (TPSA) is 32.8 Å². The summed E-state index contributed by atoms with van der Waals surface area (Å²) in [7, 11) is 1.81. The Morgan fingerprint density at radius 2 is 1.88 bits per heavy atom. The number of carbonyl (C=O) groups is 1. The van der Waals surface area contributed by atoms with Gasteiger partial charge in [0, 0.05) is 45.8 Å². The van der Waals surface area contributed by atoms with Gasteiger partial charge in [-0.05, 0) is 56.2 Å². The third kappa shape index (κ3) is 4.62. The molecule has 1 amide bonds. The van der Waals surface area contributed by atoms with E-state index in [1.54, 1.807) is 0 Å². The Bertz CT molecular complexity index is 594. The molecule has 4 heteroatoms. The van der Waals surface area contributed by atoms with E-state index in [4.69, 9.17) is 4.74 Å². The lowest BCUT2D eigenvalue weighted by molar-refractivity contribution is -0.132. The van der Waals surface area contributed by atoms with Crippen molar-refractivity contribution in [2.45, 2.75) is 58.1 Å². The fraction of sp³-hybridized carbons (Fsp3) is 0.667. The van der Waals surface area contributed by atoms with Crippen molar-refractivity contribution in [1.82, 2.24) is 9.80 Å². The Hall–Kier alpha value is -1.39. The van der Waals surface area contributed by atoms with E-state index in [1.807, 2.05) is 7.11 Å². The van der Waals surface area contributed by atoms with Crippen LogP contribution in [0, 0.1) is 13.8 Å². The van der Waals surface area contributed by atoms with Crippen molar-refractivity contribution in [3.05, 3.63) is 34.9 Å². The Balaban J connectivity index is 1.43. The van der Waals surface area contributed by atoms with E-state index in [-0.39, 0.29) is 0 Å². The van der Waals surface area contributed by atoms with Crippen LogP contribution in [-0.4, -0.2) is 61.1 Å². The highest BCUT2D eigenvalue weighted by Gasteiger charge is 2.31. The lowest BCUT2D eigenvalue weighted by Gasteiger charge is -2.36. The van der Waals surface area contributed by atoms with Crippen LogP contribution < -0.4 is 0 Å². The summed E-state index contributed by atoms with van der Waals surface area (Å²) in [4.78, 5) is 17.2. The summed E-state index contributed by atoms with van der Waals surface area (Å²) in [5.74, 6) is 0.313. The molecule has 3 rings (SSSR count). The van der Waals surface area contributed by atoms with Crippen LogP contribution in [-0.2, 0) is 16.0 Å². The van der Waals surface area contributed by atoms with Gasteiger partial charge in [-0.15, -0.1) is 0 Å². The molecule has 0 bridgehead atoms. The predicted molar refractivity (Wildman–Crippen MR) is 101 cm³/mol. The molecule has 0 aromatic heterocycles. The molecule has 2 fully saturated rings. The molecule has 1 aromatic rings. The molecule has 4 nitrogen and oxygen atoms in total. The first-order valence-corrected chi connectivity index (χ1v) is 9.67. The molecule has 138 valence electrons. The van der Waals surface area contributed by atoms with Crippen molar-refractivity contribution in [2.75, 3.05) is 33.3 Å². The average Bonchev–Trinajstić information content (AvgIpc) is 3.12. The number of piperidine rings is 1. The van der Waals surface area contributed by atoms with Gasteiger partial charge in [0.25, 0.3) is 0 Å². The first-order chi connectivity index (χ1) is 12.1. The number of rotatable bonds is 5. The van der Waals surface area contributed by atoms with Crippen LogP contribution in [0.25, 0.3) is 0 Å². The van der Waals surface area contributed by atoms with Crippen molar-refractivity contribution in [3.63, 3.8) is 0 Å². The molecule has 1 atom stereocenters. The van der Waals surface area contributed by atoms with Crippen LogP contribution in [0.4, 0.5) is 0 Å². The van der Waals surface area contributed by atoms with E-state index in [2.05, 4.69) is 41.8 Å². The molecule has 0 radical (unpaired) electrons. The molecular weight excluding hydrogens is 312 g/mol. The number of hydrogen-bond donors (Lipinski definition) is 0. The van der Waals surface area contributed by atoms with Crippen molar-refractivity contribution in [3.8, 4) is 0 Å². The summed E-state index contributed by atoms with van der Waals surface area (Å²) >= 11 is 0. The number of benzene rings is 1. The fourth-order valence-electron chi connectivity index (χ4n) is 4.13. The third-order valence-corrected chi connectivity index (χ3v) is 6.04. The number of ether oxygens (including phenoxy) is 1. The van der Waals surface area contributed by atoms with Gasteiger partial charge in [-0.1, -0.05) is 18.2 Å². The molecule has 0 N–H and O–H groups in total. The quantitative estimate of drug-likeness (QED) is 0.823. The van der Waals surface area contributed by atoms with Gasteiger partial charge < -0.3 is 9.64 Å². The summed E-state index contributed by atoms with van der Waals surface area (Å²) in [5, 5.41) is 0. The molecule has 2 heterocycles. The number of aryl methyl sites for hydroxylation is 3. The van der Waals surface area contributed by atoms with E-state index in [0.29, 0.717) is 24.5 Å². The Labute approximate surface area is 152 Å². The maximum Gasteiger partial charge on any atom is 0.222 e. The number of hydrogen-bond acceptors (Lipinski definition) is 3. The number of methoxy groups -OCH3 is 1. The summed E-state index contributed by atoms with van der Waals surface area (Å²) in [6.45, 7) is 8.28. The molecule has 2 aliphatic heterocycles. The zero-order chi connectivity index (χ0) is 17.8.